The van der Waals surface area contributed by atoms with E-state index in [1.54, 1.807) is 0 Å². The van der Waals surface area contributed by atoms with Gasteiger partial charge in [-0.3, -0.25) is 9.69 Å². The summed E-state index contributed by atoms with van der Waals surface area (Å²) in [5.41, 5.74) is 3.93. The number of nitrogens with zero attached hydrogens (tertiary/aromatic N) is 1. The van der Waals surface area contributed by atoms with Gasteiger partial charge in [0.15, 0.2) is 0 Å². The van der Waals surface area contributed by atoms with E-state index in [2.05, 4.69) is 30.1 Å². The third-order valence-electron chi connectivity index (χ3n) is 6.17. The number of hydrogen-bond donors (Lipinski definition) is 2. The number of hydrogen-bond acceptors (Lipinski definition) is 4. The van der Waals surface area contributed by atoms with Crippen LogP contribution in [0.1, 0.15) is 52.9 Å². The highest BCUT2D eigenvalue weighted by Gasteiger charge is 2.26. The summed E-state index contributed by atoms with van der Waals surface area (Å²) in [4.78, 5) is 14.9. The smallest absolute Gasteiger partial charge is 0.251 e. The average molecular weight is 449 g/mol. The van der Waals surface area contributed by atoms with Gasteiger partial charge in [0.1, 0.15) is 18.2 Å². The van der Waals surface area contributed by atoms with E-state index in [1.165, 1.54) is 29.3 Å². The van der Waals surface area contributed by atoms with Crippen molar-refractivity contribution in [2.75, 3.05) is 26.3 Å². The monoisotopic (exact) mass is 448 g/mol. The number of ether oxygens (including phenoxy) is 1. The molecule has 168 valence electrons. The second kappa shape index (κ2) is 10.4. The molecule has 0 bridgehead atoms. The lowest BCUT2D eigenvalue weighted by molar-refractivity contribution is 0.0895. The van der Waals surface area contributed by atoms with E-state index >= 15 is 0 Å². The number of carbonyl (C=O) groups excluding carboxylic acids is 1. The van der Waals surface area contributed by atoms with Crippen LogP contribution < -0.4 is 10.1 Å². The first-order chi connectivity index (χ1) is 14.8. The van der Waals surface area contributed by atoms with E-state index in [4.69, 9.17) is 21.4 Å². The normalized spacial score (nSPS) is 16.2. The molecule has 1 atom stereocenters. The minimum Gasteiger partial charge on any atom is -0.491 e. The first kappa shape index (κ1) is 23.5. The number of carbonyl (C=O) groups is 1. The largest absolute Gasteiger partial charge is 0.491 e. The molecule has 2 aromatic carbocycles. The molecule has 3 rings (SSSR count). The van der Waals surface area contributed by atoms with Crippen LogP contribution in [0.5, 0.6) is 5.75 Å². The summed E-state index contributed by atoms with van der Waals surface area (Å²) in [5.74, 6) is 0.0576. The molecule has 0 saturated carbocycles. The fraction of sp³-hybridized carbons (Fsp3) is 0.458. The molecular formula is C24H30ClFN2O3. The second-order valence-electron chi connectivity index (χ2n) is 8.06. The number of likely N-dealkylation sites (tertiary alicyclic amines) is 1. The molecule has 7 heteroatoms. The van der Waals surface area contributed by atoms with Crippen LogP contribution in [0.3, 0.4) is 0 Å². The molecule has 2 N–H and O–H groups in total. The zero-order valence-electron chi connectivity index (χ0n) is 18.3. The molecule has 1 aliphatic rings. The van der Waals surface area contributed by atoms with E-state index < -0.39 is 5.82 Å². The number of benzene rings is 2. The van der Waals surface area contributed by atoms with Gasteiger partial charge in [0.25, 0.3) is 5.91 Å². The molecule has 1 heterocycles. The first-order valence-corrected chi connectivity index (χ1v) is 11.0. The van der Waals surface area contributed by atoms with Gasteiger partial charge in [0, 0.05) is 30.7 Å². The maximum absolute atomic E-state index is 13.3. The number of amides is 1. The minimum absolute atomic E-state index is 0.00365. The van der Waals surface area contributed by atoms with E-state index in [9.17, 15) is 9.18 Å². The zero-order valence-corrected chi connectivity index (χ0v) is 19.0. The highest BCUT2D eigenvalue weighted by Crippen LogP contribution is 2.32. The van der Waals surface area contributed by atoms with Crippen LogP contribution in [0.2, 0.25) is 5.02 Å². The maximum atomic E-state index is 13.3. The Morgan fingerprint density at radius 2 is 1.97 bits per heavy atom. The summed E-state index contributed by atoms with van der Waals surface area (Å²) >= 11 is 5.79. The molecule has 5 nitrogen and oxygen atoms in total. The van der Waals surface area contributed by atoms with Crippen molar-refractivity contribution in [1.82, 2.24) is 10.2 Å². The summed E-state index contributed by atoms with van der Waals surface area (Å²) < 4.78 is 18.9. The number of nitrogens with one attached hydrogen (secondary N) is 1. The first-order valence-electron chi connectivity index (χ1n) is 10.7. The third kappa shape index (κ3) is 5.56. The van der Waals surface area contributed by atoms with Gasteiger partial charge in [-0.1, -0.05) is 17.7 Å². The Balaban J connectivity index is 1.58. The second-order valence-corrected chi connectivity index (χ2v) is 8.47. The fourth-order valence-electron chi connectivity index (χ4n) is 4.12. The van der Waals surface area contributed by atoms with Crippen LogP contribution in [0.15, 0.2) is 30.3 Å². The van der Waals surface area contributed by atoms with E-state index in [0.717, 1.165) is 37.2 Å². The Labute approximate surface area is 188 Å². The molecule has 1 unspecified atom stereocenters. The molecule has 0 aromatic heterocycles. The van der Waals surface area contributed by atoms with Crippen LogP contribution in [0.4, 0.5) is 4.39 Å². The molecule has 2 aromatic rings. The quantitative estimate of drug-likeness (QED) is 0.658. The van der Waals surface area contributed by atoms with Crippen molar-refractivity contribution in [1.29, 1.82) is 0 Å². The van der Waals surface area contributed by atoms with Crippen molar-refractivity contribution >= 4 is 17.5 Å². The van der Waals surface area contributed by atoms with Crippen molar-refractivity contribution in [2.45, 2.75) is 45.7 Å². The predicted octanol–water partition coefficient (Wildman–Crippen LogP) is 4.42. The number of aliphatic hydroxyl groups is 1. The summed E-state index contributed by atoms with van der Waals surface area (Å²) in [6, 6.07) is 8.44. The molecule has 1 amide bonds. The SMILES string of the molecule is Cc1c(OCCO)ccc(C(C)N2CCC(NC(=O)c3ccc(F)c(Cl)c3)CC2)c1C. The summed E-state index contributed by atoms with van der Waals surface area (Å²) in [7, 11) is 0. The van der Waals surface area contributed by atoms with Crippen LogP contribution >= 0.6 is 11.6 Å². The zero-order chi connectivity index (χ0) is 22.5. The van der Waals surface area contributed by atoms with Crippen LogP contribution in [-0.4, -0.2) is 48.3 Å². The van der Waals surface area contributed by atoms with Gasteiger partial charge in [-0.25, -0.2) is 4.39 Å². The Hall–Kier alpha value is -2.15. The molecule has 1 saturated heterocycles. The van der Waals surface area contributed by atoms with Crippen LogP contribution in [0, 0.1) is 19.7 Å². The average Bonchev–Trinajstić information content (AvgIpc) is 2.76. The van der Waals surface area contributed by atoms with Crippen molar-refractivity contribution in [3.63, 3.8) is 0 Å². The lowest BCUT2D eigenvalue weighted by Gasteiger charge is -2.37. The minimum atomic E-state index is -0.529. The Morgan fingerprint density at radius 1 is 1.26 bits per heavy atom. The molecule has 0 aliphatic carbocycles. The standard InChI is InChI=1S/C24H30ClFN2O3/c1-15-16(2)23(31-13-12-29)7-5-20(15)17(3)28-10-8-19(9-11-28)27-24(30)18-4-6-22(26)21(25)14-18/h4-7,14,17,19,29H,8-13H2,1-3H3,(H,27,30). The molecule has 1 fully saturated rings. The van der Waals surface area contributed by atoms with Crippen molar-refractivity contribution in [3.8, 4) is 5.75 Å². The Morgan fingerprint density at radius 3 is 2.61 bits per heavy atom. The number of halogens is 2. The number of piperidine rings is 1. The Kier molecular flexibility index (Phi) is 7.92. The topological polar surface area (TPSA) is 61.8 Å². The number of rotatable bonds is 7. The van der Waals surface area contributed by atoms with Gasteiger partial charge in [-0.05, 0) is 74.6 Å². The lowest BCUT2D eigenvalue weighted by Crippen LogP contribution is -2.45. The van der Waals surface area contributed by atoms with Gasteiger partial charge in [0.2, 0.25) is 0 Å². The summed E-state index contributed by atoms with van der Waals surface area (Å²) in [6.07, 6.45) is 1.70. The van der Waals surface area contributed by atoms with Crippen LogP contribution in [-0.2, 0) is 0 Å². The molecule has 0 radical (unpaired) electrons. The number of aliphatic hydroxyl groups excluding tert-OH is 1. The highest BCUT2D eigenvalue weighted by molar-refractivity contribution is 6.31. The predicted molar refractivity (Wildman–Crippen MR) is 120 cm³/mol. The molecule has 31 heavy (non-hydrogen) atoms. The fourth-order valence-corrected chi connectivity index (χ4v) is 4.30. The van der Waals surface area contributed by atoms with E-state index in [-0.39, 0.29) is 29.6 Å². The molecular weight excluding hydrogens is 419 g/mol. The van der Waals surface area contributed by atoms with Gasteiger partial charge >= 0.3 is 0 Å². The summed E-state index contributed by atoms with van der Waals surface area (Å²) in [6.45, 7) is 8.38. The molecule has 1 aliphatic heterocycles. The van der Waals surface area contributed by atoms with E-state index in [1.807, 2.05) is 13.0 Å². The third-order valence-corrected chi connectivity index (χ3v) is 6.46. The van der Waals surface area contributed by atoms with E-state index in [0.29, 0.717) is 12.2 Å². The van der Waals surface area contributed by atoms with Gasteiger partial charge in [-0.15, -0.1) is 0 Å². The maximum Gasteiger partial charge on any atom is 0.251 e. The molecule has 0 spiro atoms. The van der Waals surface area contributed by atoms with Crippen molar-refractivity contribution in [2.24, 2.45) is 0 Å². The Bertz CT molecular complexity index is 929. The lowest BCUT2D eigenvalue weighted by atomic mass is 9.94. The summed E-state index contributed by atoms with van der Waals surface area (Å²) in [5, 5.41) is 12.0. The van der Waals surface area contributed by atoms with Gasteiger partial charge in [-0.2, -0.15) is 0 Å². The van der Waals surface area contributed by atoms with Crippen molar-refractivity contribution in [3.05, 3.63) is 63.4 Å². The highest BCUT2D eigenvalue weighted by atomic mass is 35.5. The van der Waals surface area contributed by atoms with Crippen molar-refractivity contribution < 1.29 is 19.0 Å². The van der Waals surface area contributed by atoms with Gasteiger partial charge < -0.3 is 15.2 Å². The van der Waals surface area contributed by atoms with Crippen LogP contribution in [0.25, 0.3) is 0 Å². The van der Waals surface area contributed by atoms with Gasteiger partial charge in [0.05, 0.1) is 11.6 Å².